The molecule has 2 saturated heterocycles. The van der Waals surface area contributed by atoms with E-state index in [-0.39, 0.29) is 6.09 Å². The minimum Gasteiger partial charge on any atom is -0.444 e. The first kappa shape index (κ1) is 21.5. The summed E-state index contributed by atoms with van der Waals surface area (Å²) in [6, 6.07) is 23.2. The summed E-state index contributed by atoms with van der Waals surface area (Å²) in [7, 11) is 0. The smallest absolute Gasteiger partial charge is 0.410 e. The number of aromatic nitrogens is 1. The fourth-order valence-electron chi connectivity index (χ4n) is 4.91. The lowest BCUT2D eigenvalue weighted by Crippen LogP contribution is -2.37. The third-order valence-corrected chi connectivity index (χ3v) is 6.52. The van der Waals surface area contributed by atoms with E-state index in [1.807, 2.05) is 37.9 Å². The molecule has 2 aromatic carbocycles. The van der Waals surface area contributed by atoms with Crippen LogP contribution in [-0.4, -0.2) is 47.8 Å². The van der Waals surface area contributed by atoms with Crippen molar-refractivity contribution in [3.05, 3.63) is 72.9 Å². The maximum absolute atomic E-state index is 12.4. The lowest BCUT2D eigenvalue weighted by atomic mass is 10.0. The number of nitrogens with zero attached hydrogens (tertiary/aromatic N) is 3. The molecule has 2 aliphatic rings. The summed E-state index contributed by atoms with van der Waals surface area (Å²) in [5, 5.41) is 0. The Bertz CT molecular complexity index is 1110. The van der Waals surface area contributed by atoms with Gasteiger partial charge in [0.2, 0.25) is 0 Å². The summed E-state index contributed by atoms with van der Waals surface area (Å²) in [6.45, 7) is 9.19. The Morgan fingerprint density at radius 1 is 0.848 bits per heavy atom. The topological polar surface area (TPSA) is 45.7 Å². The molecule has 2 atom stereocenters. The number of anilines is 1. The lowest BCUT2D eigenvalue weighted by Gasteiger charge is -2.26. The van der Waals surface area contributed by atoms with Gasteiger partial charge in [-0.3, -0.25) is 4.98 Å². The van der Waals surface area contributed by atoms with Gasteiger partial charge in [-0.15, -0.1) is 0 Å². The van der Waals surface area contributed by atoms with E-state index in [1.165, 1.54) is 11.1 Å². The molecule has 33 heavy (non-hydrogen) atoms. The molecule has 3 aromatic rings. The van der Waals surface area contributed by atoms with Gasteiger partial charge < -0.3 is 14.5 Å². The van der Waals surface area contributed by atoms with Gasteiger partial charge in [0.05, 0.1) is 17.6 Å². The second kappa shape index (κ2) is 8.54. The number of rotatable bonds is 3. The van der Waals surface area contributed by atoms with Crippen LogP contribution in [0.2, 0.25) is 0 Å². The highest BCUT2D eigenvalue weighted by Crippen LogP contribution is 2.35. The number of hydrogen-bond donors (Lipinski definition) is 0. The highest BCUT2D eigenvalue weighted by Gasteiger charge is 2.42. The van der Waals surface area contributed by atoms with Crippen molar-refractivity contribution >= 4 is 11.8 Å². The molecule has 1 amide bonds. The van der Waals surface area contributed by atoms with E-state index >= 15 is 0 Å². The number of fused-ring (bicyclic) bond motifs is 1. The van der Waals surface area contributed by atoms with Crippen LogP contribution in [0.1, 0.15) is 20.8 Å². The fraction of sp³-hybridized carbons (Fsp3) is 0.357. The van der Waals surface area contributed by atoms with E-state index in [0.29, 0.717) is 11.8 Å². The third kappa shape index (κ3) is 4.72. The zero-order valence-electron chi connectivity index (χ0n) is 19.6. The van der Waals surface area contributed by atoms with E-state index in [2.05, 4.69) is 65.6 Å². The molecule has 2 unspecified atom stereocenters. The largest absolute Gasteiger partial charge is 0.444 e. The highest BCUT2D eigenvalue weighted by atomic mass is 16.6. The average molecular weight is 442 g/mol. The molecule has 5 rings (SSSR count). The predicted octanol–water partition coefficient (Wildman–Crippen LogP) is 5.72. The number of carbonyl (C=O) groups excluding carboxylic acids is 1. The molecule has 0 N–H and O–H groups in total. The molecular formula is C28H31N3O2. The van der Waals surface area contributed by atoms with Crippen LogP contribution in [0.25, 0.3) is 22.4 Å². The first-order chi connectivity index (χ1) is 15.9. The van der Waals surface area contributed by atoms with Gasteiger partial charge in [-0.1, -0.05) is 48.5 Å². The van der Waals surface area contributed by atoms with Crippen molar-refractivity contribution in [2.75, 3.05) is 31.1 Å². The van der Waals surface area contributed by atoms with Crippen molar-refractivity contribution in [1.82, 2.24) is 9.88 Å². The second-order valence-electron chi connectivity index (χ2n) is 10.2. The summed E-state index contributed by atoms with van der Waals surface area (Å²) >= 11 is 0. The predicted molar refractivity (Wildman–Crippen MR) is 132 cm³/mol. The molecule has 0 spiro atoms. The van der Waals surface area contributed by atoms with Gasteiger partial charge in [-0.2, -0.15) is 0 Å². The summed E-state index contributed by atoms with van der Waals surface area (Å²) in [5.41, 5.74) is 5.20. The molecule has 5 nitrogen and oxygen atoms in total. The van der Waals surface area contributed by atoms with Crippen LogP contribution in [0.15, 0.2) is 72.9 Å². The Kier molecular flexibility index (Phi) is 5.57. The molecule has 1 aromatic heterocycles. The number of likely N-dealkylation sites (tertiary alicyclic amines) is 1. The first-order valence-corrected chi connectivity index (χ1v) is 11.7. The maximum atomic E-state index is 12.4. The van der Waals surface area contributed by atoms with Crippen molar-refractivity contribution in [2.45, 2.75) is 26.4 Å². The Morgan fingerprint density at radius 2 is 1.52 bits per heavy atom. The van der Waals surface area contributed by atoms with Crippen molar-refractivity contribution in [1.29, 1.82) is 0 Å². The van der Waals surface area contributed by atoms with E-state index in [0.717, 1.165) is 43.1 Å². The van der Waals surface area contributed by atoms with Gasteiger partial charge >= 0.3 is 6.09 Å². The summed E-state index contributed by atoms with van der Waals surface area (Å²) in [5.74, 6) is 0.972. The molecule has 0 radical (unpaired) electrons. The Morgan fingerprint density at radius 3 is 2.15 bits per heavy atom. The highest BCUT2D eigenvalue weighted by molar-refractivity contribution is 5.72. The van der Waals surface area contributed by atoms with E-state index in [1.54, 1.807) is 0 Å². The van der Waals surface area contributed by atoms with Crippen molar-refractivity contribution in [3.63, 3.8) is 0 Å². The Labute approximate surface area is 196 Å². The minimum atomic E-state index is -0.450. The number of ether oxygens (including phenoxy) is 1. The van der Waals surface area contributed by atoms with Gasteiger partial charge in [0.15, 0.2) is 0 Å². The first-order valence-electron chi connectivity index (χ1n) is 11.7. The molecule has 0 aliphatic carbocycles. The summed E-state index contributed by atoms with van der Waals surface area (Å²) in [4.78, 5) is 21.5. The molecule has 5 heteroatoms. The third-order valence-electron chi connectivity index (χ3n) is 6.52. The quantitative estimate of drug-likeness (QED) is 0.522. The van der Waals surface area contributed by atoms with Crippen molar-refractivity contribution < 1.29 is 9.53 Å². The van der Waals surface area contributed by atoms with E-state index < -0.39 is 5.60 Å². The van der Waals surface area contributed by atoms with Crippen LogP contribution in [0.4, 0.5) is 10.5 Å². The zero-order valence-corrected chi connectivity index (χ0v) is 19.6. The fourth-order valence-corrected chi connectivity index (χ4v) is 4.91. The molecule has 2 fully saturated rings. The van der Waals surface area contributed by atoms with Crippen LogP contribution in [-0.2, 0) is 4.74 Å². The second-order valence-corrected chi connectivity index (χ2v) is 10.2. The summed E-state index contributed by atoms with van der Waals surface area (Å²) < 4.78 is 5.55. The molecule has 2 aliphatic heterocycles. The number of pyridine rings is 1. The van der Waals surface area contributed by atoms with Gasteiger partial charge in [-0.25, -0.2) is 4.79 Å². The van der Waals surface area contributed by atoms with Gasteiger partial charge in [0.1, 0.15) is 5.60 Å². The number of hydrogen-bond acceptors (Lipinski definition) is 4. The molecular weight excluding hydrogens is 410 g/mol. The summed E-state index contributed by atoms with van der Waals surface area (Å²) in [6.07, 6.45) is 1.80. The monoisotopic (exact) mass is 441 g/mol. The molecule has 0 bridgehead atoms. The number of carbonyl (C=O) groups is 1. The maximum Gasteiger partial charge on any atom is 0.410 e. The van der Waals surface area contributed by atoms with E-state index in [4.69, 9.17) is 9.72 Å². The number of benzene rings is 2. The van der Waals surface area contributed by atoms with Crippen LogP contribution >= 0.6 is 0 Å². The SMILES string of the molecule is CC(C)(C)OC(=O)N1CC2CN(c3ccc(-c4cccc(-c5ccccc5)c4)nc3)CC2C1. The molecule has 170 valence electrons. The Hall–Kier alpha value is -3.34. The lowest BCUT2D eigenvalue weighted by molar-refractivity contribution is 0.0282. The van der Waals surface area contributed by atoms with E-state index in [9.17, 15) is 4.79 Å². The zero-order chi connectivity index (χ0) is 23.0. The van der Waals surface area contributed by atoms with Crippen molar-refractivity contribution in [2.24, 2.45) is 11.8 Å². The van der Waals surface area contributed by atoms with Gasteiger partial charge in [-0.05, 0) is 50.1 Å². The van der Waals surface area contributed by atoms with Crippen LogP contribution in [0, 0.1) is 11.8 Å². The number of amides is 1. The Balaban J connectivity index is 1.24. The van der Waals surface area contributed by atoms with Crippen LogP contribution in [0.5, 0.6) is 0 Å². The van der Waals surface area contributed by atoms with Crippen LogP contribution in [0.3, 0.4) is 0 Å². The van der Waals surface area contributed by atoms with Gasteiger partial charge in [0.25, 0.3) is 0 Å². The van der Waals surface area contributed by atoms with Gasteiger partial charge in [0, 0.05) is 43.6 Å². The molecule has 3 heterocycles. The normalized spacial score (nSPS) is 20.1. The average Bonchev–Trinajstić information content (AvgIpc) is 3.39. The standard InChI is InChI=1S/C28H31N3O2/c1-28(2,3)33-27(32)31-18-23-16-30(17-24(23)19-31)25-12-13-26(29-15-25)22-11-7-10-21(14-22)20-8-5-4-6-9-20/h4-15,23-24H,16-19H2,1-3H3. The van der Waals surface area contributed by atoms with Crippen molar-refractivity contribution in [3.8, 4) is 22.4 Å². The molecule has 0 saturated carbocycles. The minimum absolute atomic E-state index is 0.188. The van der Waals surface area contributed by atoms with Crippen LogP contribution < -0.4 is 4.90 Å².